The van der Waals surface area contributed by atoms with Crippen LogP contribution in [0.2, 0.25) is 0 Å². The first kappa shape index (κ1) is 11.5. The lowest BCUT2D eigenvalue weighted by Crippen LogP contribution is -1.93. The molecule has 0 fully saturated rings. The zero-order valence-corrected chi connectivity index (χ0v) is 10.1. The number of hydrogen-bond donors (Lipinski definition) is 1. The van der Waals surface area contributed by atoms with Gasteiger partial charge in [0.2, 0.25) is 5.88 Å². The van der Waals surface area contributed by atoms with Gasteiger partial charge in [0.05, 0.1) is 0 Å². The molecule has 1 aromatic heterocycles. The molecular weight excluding hydrogens is 212 g/mol. The molecule has 0 radical (unpaired) electrons. The van der Waals surface area contributed by atoms with E-state index in [9.17, 15) is 0 Å². The lowest BCUT2D eigenvalue weighted by Gasteiger charge is -2.08. The summed E-state index contributed by atoms with van der Waals surface area (Å²) in [6, 6.07) is 13.3. The number of ether oxygens (including phenoxy) is 1. The largest absolute Gasteiger partial charge is 0.439 e. The summed E-state index contributed by atoms with van der Waals surface area (Å²) in [6.07, 6.45) is 0. The van der Waals surface area contributed by atoms with E-state index in [2.05, 4.69) is 31.0 Å². The molecule has 0 aliphatic heterocycles. The van der Waals surface area contributed by atoms with E-state index in [0.717, 1.165) is 5.75 Å². The smallest absolute Gasteiger partial charge is 0.221 e. The molecule has 0 amide bonds. The molecule has 0 aliphatic carbocycles. The van der Waals surface area contributed by atoms with Crippen molar-refractivity contribution in [2.24, 2.45) is 0 Å². The van der Waals surface area contributed by atoms with Crippen LogP contribution in [0.5, 0.6) is 11.6 Å². The van der Waals surface area contributed by atoms with Crippen LogP contribution in [0.1, 0.15) is 25.3 Å². The van der Waals surface area contributed by atoms with Gasteiger partial charge in [-0.1, -0.05) is 32.0 Å². The number of nitrogens with zero attached hydrogens (tertiary/aromatic N) is 1. The van der Waals surface area contributed by atoms with Gasteiger partial charge in [0.1, 0.15) is 11.6 Å². The van der Waals surface area contributed by atoms with Gasteiger partial charge in [-0.15, -0.1) is 0 Å². The predicted octanol–water partition coefficient (Wildman–Crippen LogP) is 3.58. The molecule has 0 atom stereocenters. The highest BCUT2D eigenvalue weighted by Gasteiger charge is 2.01. The number of pyridine rings is 1. The first-order valence-electron chi connectivity index (χ1n) is 5.65. The minimum absolute atomic E-state index is 0.460. The van der Waals surface area contributed by atoms with Gasteiger partial charge in [0, 0.05) is 6.07 Å². The lowest BCUT2D eigenvalue weighted by molar-refractivity contribution is 0.463. The van der Waals surface area contributed by atoms with Crippen molar-refractivity contribution in [3.63, 3.8) is 0 Å². The Morgan fingerprint density at radius 3 is 2.35 bits per heavy atom. The number of hydrogen-bond acceptors (Lipinski definition) is 3. The summed E-state index contributed by atoms with van der Waals surface area (Å²) in [5.74, 6) is 2.27. The lowest BCUT2D eigenvalue weighted by atomic mass is 10.0. The molecular formula is C14H16N2O. The first-order valence-corrected chi connectivity index (χ1v) is 5.65. The molecule has 2 N–H and O–H groups in total. The van der Waals surface area contributed by atoms with Crippen LogP contribution in [0.3, 0.4) is 0 Å². The Morgan fingerprint density at radius 2 is 1.76 bits per heavy atom. The van der Waals surface area contributed by atoms with Gasteiger partial charge in [-0.3, -0.25) is 0 Å². The summed E-state index contributed by atoms with van der Waals surface area (Å²) in [7, 11) is 0. The van der Waals surface area contributed by atoms with Crippen LogP contribution >= 0.6 is 0 Å². The second-order valence-electron chi connectivity index (χ2n) is 4.23. The Balaban J connectivity index is 2.14. The van der Waals surface area contributed by atoms with Gasteiger partial charge >= 0.3 is 0 Å². The third-order valence-electron chi connectivity index (χ3n) is 2.51. The minimum Gasteiger partial charge on any atom is -0.439 e. The molecule has 3 nitrogen and oxygen atoms in total. The number of rotatable bonds is 3. The number of anilines is 1. The van der Waals surface area contributed by atoms with Crippen molar-refractivity contribution >= 4 is 5.82 Å². The monoisotopic (exact) mass is 228 g/mol. The second kappa shape index (κ2) is 4.87. The van der Waals surface area contributed by atoms with Crippen LogP contribution in [-0.2, 0) is 0 Å². The van der Waals surface area contributed by atoms with Gasteiger partial charge in [0.25, 0.3) is 0 Å². The van der Waals surface area contributed by atoms with E-state index in [0.29, 0.717) is 17.6 Å². The number of benzene rings is 1. The molecule has 0 saturated carbocycles. The molecule has 17 heavy (non-hydrogen) atoms. The SMILES string of the molecule is CC(C)c1ccc(Oc2cccc(N)n2)cc1. The molecule has 0 spiro atoms. The molecule has 0 saturated heterocycles. The standard InChI is InChI=1S/C14H16N2O/c1-10(2)11-6-8-12(9-7-11)17-14-5-3-4-13(15)16-14/h3-10H,1-2H3,(H2,15,16). The quantitative estimate of drug-likeness (QED) is 0.873. The topological polar surface area (TPSA) is 48.1 Å². The molecule has 2 rings (SSSR count). The summed E-state index contributed by atoms with van der Waals surface area (Å²) in [6.45, 7) is 4.32. The summed E-state index contributed by atoms with van der Waals surface area (Å²) >= 11 is 0. The maximum absolute atomic E-state index is 5.60. The fourth-order valence-corrected chi connectivity index (χ4v) is 1.53. The van der Waals surface area contributed by atoms with E-state index in [1.165, 1.54) is 5.56 Å². The Hall–Kier alpha value is -2.03. The summed E-state index contributed by atoms with van der Waals surface area (Å²) in [5, 5.41) is 0. The molecule has 1 heterocycles. The van der Waals surface area contributed by atoms with Crippen molar-refractivity contribution in [1.29, 1.82) is 0 Å². The van der Waals surface area contributed by atoms with Crippen molar-refractivity contribution in [2.75, 3.05) is 5.73 Å². The van der Waals surface area contributed by atoms with E-state index in [1.807, 2.05) is 18.2 Å². The maximum atomic E-state index is 5.60. The van der Waals surface area contributed by atoms with Crippen molar-refractivity contribution in [3.05, 3.63) is 48.0 Å². The molecule has 88 valence electrons. The number of nitrogens with two attached hydrogens (primary N) is 1. The van der Waals surface area contributed by atoms with Gasteiger partial charge in [-0.2, -0.15) is 4.98 Å². The second-order valence-corrected chi connectivity index (χ2v) is 4.23. The van der Waals surface area contributed by atoms with Crippen molar-refractivity contribution in [1.82, 2.24) is 4.98 Å². The van der Waals surface area contributed by atoms with E-state index < -0.39 is 0 Å². The Kier molecular flexibility index (Phi) is 3.28. The third kappa shape index (κ3) is 2.97. The Morgan fingerprint density at radius 1 is 1.06 bits per heavy atom. The Bertz CT molecular complexity index is 492. The van der Waals surface area contributed by atoms with Crippen molar-refractivity contribution < 1.29 is 4.74 Å². The van der Waals surface area contributed by atoms with Crippen LogP contribution in [0.25, 0.3) is 0 Å². The predicted molar refractivity (Wildman–Crippen MR) is 69.3 cm³/mol. The normalized spacial score (nSPS) is 10.5. The Labute approximate surface area is 101 Å². The maximum Gasteiger partial charge on any atom is 0.221 e. The van der Waals surface area contributed by atoms with Gasteiger partial charge in [-0.05, 0) is 29.7 Å². The average molecular weight is 228 g/mol. The summed E-state index contributed by atoms with van der Waals surface area (Å²) in [5.41, 5.74) is 6.87. The van der Waals surface area contributed by atoms with Gasteiger partial charge < -0.3 is 10.5 Å². The summed E-state index contributed by atoms with van der Waals surface area (Å²) < 4.78 is 5.60. The van der Waals surface area contributed by atoms with Crippen LogP contribution in [-0.4, -0.2) is 4.98 Å². The van der Waals surface area contributed by atoms with Crippen LogP contribution in [0.4, 0.5) is 5.82 Å². The zero-order chi connectivity index (χ0) is 12.3. The fraction of sp³-hybridized carbons (Fsp3) is 0.214. The highest BCUT2D eigenvalue weighted by Crippen LogP contribution is 2.22. The van der Waals surface area contributed by atoms with E-state index in [4.69, 9.17) is 10.5 Å². The average Bonchev–Trinajstić information content (AvgIpc) is 2.29. The van der Waals surface area contributed by atoms with Gasteiger partial charge in [0.15, 0.2) is 0 Å². The minimum atomic E-state index is 0.460. The van der Waals surface area contributed by atoms with Crippen LogP contribution < -0.4 is 10.5 Å². The third-order valence-corrected chi connectivity index (χ3v) is 2.51. The van der Waals surface area contributed by atoms with Crippen molar-refractivity contribution in [3.8, 4) is 11.6 Å². The highest BCUT2D eigenvalue weighted by molar-refractivity contribution is 5.35. The van der Waals surface area contributed by atoms with E-state index in [-0.39, 0.29) is 0 Å². The van der Waals surface area contributed by atoms with Crippen LogP contribution in [0.15, 0.2) is 42.5 Å². The first-order chi connectivity index (χ1) is 8.15. The van der Waals surface area contributed by atoms with E-state index >= 15 is 0 Å². The zero-order valence-electron chi connectivity index (χ0n) is 10.1. The van der Waals surface area contributed by atoms with Gasteiger partial charge in [-0.25, -0.2) is 0 Å². The van der Waals surface area contributed by atoms with E-state index in [1.54, 1.807) is 12.1 Å². The highest BCUT2D eigenvalue weighted by atomic mass is 16.5. The molecule has 1 aromatic carbocycles. The fourth-order valence-electron chi connectivity index (χ4n) is 1.53. The summed E-state index contributed by atoms with van der Waals surface area (Å²) in [4.78, 5) is 4.08. The molecule has 0 unspecified atom stereocenters. The number of aromatic nitrogens is 1. The number of nitrogen functional groups attached to an aromatic ring is 1. The van der Waals surface area contributed by atoms with Crippen LogP contribution in [0, 0.1) is 0 Å². The molecule has 3 heteroatoms. The molecule has 2 aromatic rings. The molecule has 0 bridgehead atoms. The molecule has 0 aliphatic rings. The van der Waals surface area contributed by atoms with Crippen molar-refractivity contribution in [2.45, 2.75) is 19.8 Å².